The van der Waals surface area contributed by atoms with Crippen molar-refractivity contribution in [2.45, 2.75) is 56.8 Å². The van der Waals surface area contributed by atoms with Gasteiger partial charge in [-0.15, -0.1) is 0 Å². The molecular formula is C22H25ClN2O. The van der Waals surface area contributed by atoms with Crippen LogP contribution in [0, 0.1) is 0 Å². The summed E-state index contributed by atoms with van der Waals surface area (Å²) in [4.78, 5) is 15.2. The van der Waals surface area contributed by atoms with Crippen LogP contribution in [0.15, 0.2) is 54.6 Å². The summed E-state index contributed by atoms with van der Waals surface area (Å²) >= 11 is 6.02. The molecule has 2 saturated heterocycles. The molecule has 2 aromatic rings. The molecule has 1 amide bonds. The Morgan fingerprint density at radius 2 is 1.77 bits per heavy atom. The van der Waals surface area contributed by atoms with Crippen LogP contribution < -0.4 is 5.32 Å². The fourth-order valence-electron chi connectivity index (χ4n) is 4.55. The SMILES string of the molecule is O=C(NC1C[C@@H]2CCC[C@@H](C1)N2Cc1ccccc1)c1cccc(Cl)c1. The lowest BCUT2D eigenvalue weighted by atomic mass is 9.81. The summed E-state index contributed by atoms with van der Waals surface area (Å²) in [5.74, 6) is -0.00733. The number of piperidine rings is 2. The molecular weight excluding hydrogens is 344 g/mol. The summed E-state index contributed by atoms with van der Waals surface area (Å²) in [5, 5.41) is 3.86. The van der Waals surface area contributed by atoms with E-state index < -0.39 is 0 Å². The van der Waals surface area contributed by atoms with E-state index in [0.717, 1.165) is 19.4 Å². The van der Waals surface area contributed by atoms with Gasteiger partial charge in [0.05, 0.1) is 0 Å². The quantitative estimate of drug-likeness (QED) is 0.851. The average molecular weight is 369 g/mol. The van der Waals surface area contributed by atoms with Gasteiger partial charge < -0.3 is 5.32 Å². The van der Waals surface area contributed by atoms with Crippen LogP contribution in [0.2, 0.25) is 5.02 Å². The molecule has 4 heteroatoms. The normalized spacial score (nSPS) is 25.7. The van der Waals surface area contributed by atoms with Gasteiger partial charge in [0.1, 0.15) is 0 Å². The number of halogens is 1. The smallest absolute Gasteiger partial charge is 0.251 e. The highest BCUT2D eigenvalue weighted by Crippen LogP contribution is 2.35. The lowest BCUT2D eigenvalue weighted by Gasteiger charge is -2.49. The van der Waals surface area contributed by atoms with Crippen LogP contribution in [-0.4, -0.2) is 28.9 Å². The summed E-state index contributed by atoms with van der Waals surface area (Å²) in [6.45, 7) is 1.02. The average Bonchev–Trinajstić information content (AvgIpc) is 2.63. The molecule has 1 N–H and O–H groups in total. The molecule has 0 aliphatic carbocycles. The Bertz CT molecular complexity index is 750. The predicted molar refractivity (Wildman–Crippen MR) is 105 cm³/mol. The molecule has 26 heavy (non-hydrogen) atoms. The van der Waals surface area contributed by atoms with Gasteiger partial charge in [-0.05, 0) is 49.4 Å². The van der Waals surface area contributed by atoms with E-state index in [2.05, 4.69) is 40.5 Å². The summed E-state index contributed by atoms with van der Waals surface area (Å²) in [6, 6.07) is 19.3. The Labute approximate surface area is 160 Å². The van der Waals surface area contributed by atoms with Crippen molar-refractivity contribution in [2.75, 3.05) is 0 Å². The van der Waals surface area contributed by atoms with Gasteiger partial charge in [-0.1, -0.05) is 54.4 Å². The lowest BCUT2D eigenvalue weighted by molar-refractivity contribution is 0.0177. The largest absolute Gasteiger partial charge is 0.349 e. The van der Waals surface area contributed by atoms with Gasteiger partial charge >= 0.3 is 0 Å². The maximum absolute atomic E-state index is 12.6. The van der Waals surface area contributed by atoms with Crippen molar-refractivity contribution in [2.24, 2.45) is 0 Å². The second-order valence-corrected chi connectivity index (χ2v) is 7.99. The number of rotatable bonds is 4. The second kappa shape index (κ2) is 7.81. The summed E-state index contributed by atoms with van der Waals surface area (Å²) < 4.78 is 0. The lowest BCUT2D eigenvalue weighted by Crippen LogP contribution is -2.56. The first kappa shape index (κ1) is 17.6. The molecule has 0 spiro atoms. The summed E-state index contributed by atoms with van der Waals surface area (Å²) in [5.41, 5.74) is 2.03. The van der Waals surface area contributed by atoms with E-state index in [1.165, 1.54) is 24.8 Å². The van der Waals surface area contributed by atoms with Gasteiger partial charge in [0.25, 0.3) is 5.91 Å². The van der Waals surface area contributed by atoms with E-state index in [4.69, 9.17) is 11.6 Å². The topological polar surface area (TPSA) is 32.3 Å². The number of hydrogen-bond acceptors (Lipinski definition) is 2. The Morgan fingerprint density at radius 3 is 2.46 bits per heavy atom. The number of fused-ring (bicyclic) bond motifs is 2. The highest BCUT2D eigenvalue weighted by atomic mass is 35.5. The van der Waals surface area contributed by atoms with Crippen LogP contribution in [0.5, 0.6) is 0 Å². The molecule has 4 rings (SSSR count). The number of amides is 1. The molecule has 2 aliphatic rings. The van der Waals surface area contributed by atoms with E-state index in [-0.39, 0.29) is 11.9 Å². The third-order valence-electron chi connectivity index (χ3n) is 5.76. The van der Waals surface area contributed by atoms with Crippen LogP contribution >= 0.6 is 11.6 Å². The fraction of sp³-hybridized carbons (Fsp3) is 0.409. The molecule has 3 nitrogen and oxygen atoms in total. The first-order valence-corrected chi connectivity index (χ1v) is 9.93. The van der Waals surface area contributed by atoms with Crippen molar-refractivity contribution in [3.8, 4) is 0 Å². The zero-order valence-corrected chi connectivity index (χ0v) is 15.7. The zero-order chi connectivity index (χ0) is 17.9. The molecule has 2 atom stereocenters. The van der Waals surface area contributed by atoms with Gasteiger partial charge in [0.15, 0.2) is 0 Å². The predicted octanol–water partition coefficient (Wildman–Crippen LogP) is 4.66. The zero-order valence-electron chi connectivity index (χ0n) is 14.9. The first-order valence-electron chi connectivity index (χ1n) is 9.55. The third kappa shape index (κ3) is 3.94. The van der Waals surface area contributed by atoms with Gasteiger partial charge in [0, 0.05) is 35.3 Å². The van der Waals surface area contributed by atoms with Gasteiger partial charge in [-0.3, -0.25) is 9.69 Å². The van der Waals surface area contributed by atoms with Gasteiger partial charge in [-0.2, -0.15) is 0 Å². The van der Waals surface area contributed by atoms with Crippen LogP contribution in [0.3, 0.4) is 0 Å². The summed E-state index contributed by atoms with van der Waals surface area (Å²) in [7, 11) is 0. The number of hydrogen-bond donors (Lipinski definition) is 1. The molecule has 2 aliphatic heterocycles. The maximum atomic E-state index is 12.6. The molecule has 2 bridgehead atoms. The van der Waals surface area contributed by atoms with Gasteiger partial charge in [-0.25, -0.2) is 0 Å². The van der Waals surface area contributed by atoms with Crippen molar-refractivity contribution < 1.29 is 4.79 Å². The van der Waals surface area contributed by atoms with Crippen LogP contribution in [0.4, 0.5) is 0 Å². The fourth-order valence-corrected chi connectivity index (χ4v) is 4.74. The monoisotopic (exact) mass is 368 g/mol. The number of carbonyl (C=O) groups excluding carboxylic acids is 1. The minimum Gasteiger partial charge on any atom is -0.349 e. The van der Waals surface area contributed by atoms with E-state index in [1.54, 1.807) is 12.1 Å². The van der Waals surface area contributed by atoms with Crippen molar-refractivity contribution in [1.82, 2.24) is 10.2 Å². The van der Waals surface area contributed by atoms with Crippen molar-refractivity contribution in [3.63, 3.8) is 0 Å². The van der Waals surface area contributed by atoms with Gasteiger partial charge in [0.2, 0.25) is 0 Å². The highest BCUT2D eigenvalue weighted by molar-refractivity contribution is 6.30. The van der Waals surface area contributed by atoms with Crippen molar-refractivity contribution in [1.29, 1.82) is 0 Å². The standard InChI is InChI=1S/C22H25ClN2O/c23-18-9-4-8-17(12-18)22(26)24-19-13-20-10-5-11-21(14-19)25(20)15-16-6-2-1-3-7-16/h1-4,6-9,12,19-21H,5,10-11,13-15H2,(H,24,26)/t20-,21-/m0/s1. The highest BCUT2D eigenvalue weighted by Gasteiger charge is 2.38. The van der Waals surface area contributed by atoms with Crippen LogP contribution in [0.25, 0.3) is 0 Å². The van der Waals surface area contributed by atoms with E-state index in [1.807, 2.05) is 12.1 Å². The molecule has 0 radical (unpaired) electrons. The second-order valence-electron chi connectivity index (χ2n) is 7.55. The van der Waals surface area contributed by atoms with E-state index in [0.29, 0.717) is 22.7 Å². The van der Waals surface area contributed by atoms with E-state index in [9.17, 15) is 4.79 Å². The Balaban J connectivity index is 1.42. The number of benzene rings is 2. The Kier molecular flexibility index (Phi) is 5.28. The molecule has 0 aromatic heterocycles. The number of nitrogens with zero attached hydrogens (tertiary/aromatic N) is 1. The first-order chi connectivity index (χ1) is 12.7. The number of nitrogens with one attached hydrogen (secondary N) is 1. The maximum Gasteiger partial charge on any atom is 0.251 e. The minimum atomic E-state index is -0.00733. The molecule has 2 heterocycles. The molecule has 2 aromatic carbocycles. The minimum absolute atomic E-state index is 0.00733. The third-order valence-corrected chi connectivity index (χ3v) is 5.99. The summed E-state index contributed by atoms with van der Waals surface area (Å²) in [6.07, 6.45) is 5.83. The van der Waals surface area contributed by atoms with Crippen LogP contribution in [-0.2, 0) is 6.54 Å². The molecule has 2 fully saturated rings. The molecule has 0 saturated carbocycles. The number of carbonyl (C=O) groups is 1. The Morgan fingerprint density at radius 1 is 1.04 bits per heavy atom. The van der Waals surface area contributed by atoms with Crippen molar-refractivity contribution >= 4 is 17.5 Å². The van der Waals surface area contributed by atoms with E-state index >= 15 is 0 Å². The molecule has 0 unspecified atom stereocenters. The van der Waals surface area contributed by atoms with Crippen molar-refractivity contribution in [3.05, 3.63) is 70.7 Å². The molecule has 136 valence electrons. The Hall–Kier alpha value is -1.84. The van der Waals surface area contributed by atoms with Crippen LogP contribution in [0.1, 0.15) is 48.0 Å².